The maximum absolute atomic E-state index is 10.6. The molecule has 0 fully saturated rings. The molecule has 8 heteroatoms. The predicted octanol–water partition coefficient (Wildman–Crippen LogP) is 3.74. The fraction of sp³-hybridized carbons (Fsp3) is 0.200. The van der Waals surface area contributed by atoms with E-state index in [9.17, 15) is 4.79 Å². The molecule has 0 aliphatic carbocycles. The van der Waals surface area contributed by atoms with Crippen LogP contribution in [0.2, 0.25) is 0 Å². The minimum absolute atomic E-state index is 0.126. The van der Waals surface area contributed by atoms with Crippen molar-refractivity contribution in [2.75, 3.05) is 0 Å². The van der Waals surface area contributed by atoms with Crippen LogP contribution in [0, 0.1) is 13.8 Å². The first-order valence-corrected chi connectivity index (χ1v) is 9.53. The van der Waals surface area contributed by atoms with Gasteiger partial charge in [0.1, 0.15) is 5.01 Å². The lowest BCUT2D eigenvalue weighted by Gasteiger charge is -1.94. The van der Waals surface area contributed by atoms with E-state index in [-0.39, 0.29) is 6.54 Å². The number of hydrogen-bond acceptors (Lipinski definition) is 6. The van der Waals surface area contributed by atoms with Crippen molar-refractivity contribution < 1.29 is 9.21 Å². The summed E-state index contributed by atoms with van der Waals surface area (Å²) in [6.45, 7) is 4.26. The number of thiazole rings is 1. The summed E-state index contributed by atoms with van der Waals surface area (Å²) in [6.07, 6.45) is 0.474. The Kier molecular flexibility index (Phi) is 6.33. The molecule has 3 N–H and O–H groups in total. The molecule has 4 aromatic rings. The summed E-state index contributed by atoms with van der Waals surface area (Å²) in [6, 6.07) is 15.8. The molecule has 2 aromatic heterocycles. The number of carbonyl (C=O) groups excluding carboxylic acids is 1. The summed E-state index contributed by atoms with van der Waals surface area (Å²) in [5, 5.41) is 11.1. The Labute approximate surface area is 166 Å². The number of nitrogens with two attached hydrogens (primary N) is 1. The quantitative estimate of drug-likeness (QED) is 0.547. The van der Waals surface area contributed by atoms with E-state index in [0.29, 0.717) is 18.2 Å². The third kappa shape index (κ3) is 5.62. The molecule has 0 spiro atoms. The van der Waals surface area contributed by atoms with E-state index in [1.54, 1.807) is 11.3 Å². The summed E-state index contributed by atoms with van der Waals surface area (Å²) in [5.74, 6) is 0.785. The first-order valence-electron chi connectivity index (χ1n) is 8.72. The summed E-state index contributed by atoms with van der Waals surface area (Å²) in [7, 11) is 0. The van der Waals surface area contributed by atoms with Crippen molar-refractivity contribution in [3.8, 4) is 0 Å². The Balaban J connectivity index is 0.000000271. The summed E-state index contributed by atoms with van der Waals surface area (Å²) in [5.41, 5.74) is 8.47. The van der Waals surface area contributed by atoms with E-state index in [4.69, 9.17) is 10.2 Å². The second kappa shape index (κ2) is 9.09. The highest BCUT2D eigenvalue weighted by atomic mass is 32.1. The molecule has 0 aliphatic heterocycles. The number of fused-ring (bicyclic) bond motifs is 1. The predicted molar refractivity (Wildman–Crippen MR) is 109 cm³/mol. The van der Waals surface area contributed by atoms with E-state index in [0.717, 1.165) is 15.2 Å². The van der Waals surface area contributed by atoms with Crippen molar-refractivity contribution in [1.29, 1.82) is 0 Å². The largest absolute Gasteiger partial charge is 0.423 e. The van der Waals surface area contributed by atoms with E-state index >= 15 is 0 Å². The molecule has 0 atom stereocenters. The van der Waals surface area contributed by atoms with Crippen molar-refractivity contribution in [2.45, 2.75) is 26.8 Å². The van der Waals surface area contributed by atoms with E-state index < -0.39 is 6.03 Å². The number of benzene rings is 2. The number of aromatic nitrogens is 3. The Hall–Kier alpha value is -3.26. The molecule has 2 amide bonds. The molecule has 2 aromatic carbocycles. The van der Waals surface area contributed by atoms with Gasteiger partial charge in [0.2, 0.25) is 11.8 Å². The van der Waals surface area contributed by atoms with Crippen molar-refractivity contribution in [3.63, 3.8) is 0 Å². The van der Waals surface area contributed by atoms with Gasteiger partial charge in [0.25, 0.3) is 0 Å². The zero-order valence-corrected chi connectivity index (χ0v) is 16.5. The monoisotopic (exact) mass is 395 g/mol. The second-order valence-corrected chi connectivity index (χ2v) is 7.33. The lowest BCUT2D eigenvalue weighted by Crippen LogP contribution is -2.28. The zero-order valence-electron chi connectivity index (χ0n) is 15.7. The van der Waals surface area contributed by atoms with Gasteiger partial charge in [-0.15, -0.1) is 21.5 Å². The van der Waals surface area contributed by atoms with Gasteiger partial charge < -0.3 is 15.5 Å². The minimum Gasteiger partial charge on any atom is -0.423 e. The highest BCUT2D eigenvalue weighted by Gasteiger charge is 2.11. The number of aryl methyl sites for hydroxylation is 2. The Morgan fingerprint density at radius 2 is 1.82 bits per heavy atom. The second-order valence-electron chi connectivity index (χ2n) is 6.22. The van der Waals surface area contributed by atoms with Gasteiger partial charge >= 0.3 is 6.03 Å². The molecule has 0 bridgehead atoms. The molecular formula is C20H21N5O2S. The van der Waals surface area contributed by atoms with E-state index in [1.807, 2.05) is 30.3 Å². The van der Waals surface area contributed by atoms with Crippen LogP contribution in [0.15, 0.2) is 52.9 Å². The van der Waals surface area contributed by atoms with Crippen molar-refractivity contribution in [2.24, 2.45) is 5.73 Å². The van der Waals surface area contributed by atoms with E-state index in [1.165, 1.54) is 11.1 Å². The SMILES string of the molecule is Cc1ccc2nc(Cc3nnc(CNC(N)=O)o3)sc2c1.Cc1ccccc1. The Morgan fingerprint density at radius 3 is 2.50 bits per heavy atom. The number of carbonyl (C=O) groups is 1. The van der Waals surface area contributed by atoms with Gasteiger partial charge in [-0.25, -0.2) is 9.78 Å². The molecular weight excluding hydrogens is 374 g/mol. The molecule has 0 aliphatic rings. The normalized spacial score (nSPS) is 10.4. The number of hydrogen-bond donors (Lipinski definition) is 2. The third-order valence-corrected chi connectivity index (χ3v) is 4.77. The van der Waals surface area contributed by atoms with Crippen LogP contribution in [0.4, 0.5) is 4.79 Å². The van der Waals surface area contributed by atoms with Crippen LogP contribution in [0.5, 0.6) is 0 Å². The lowest BCUT2D eigenvalue weighted by molar-refractivity contribution is 0.247. The van der Waals surface area contributed by atoms with Gasteiger partial charge in [-0.05, 0) is 31.5 Å². The lowest BCUT2D eigenvalue weighted by atomic mass is 10.2. The Morgan fingerprint density at radius 1 is 1.07 bits per heavy atom. The molecule has 0 unspecified atom stereocenters. The number of nitrogens with one attached hydrogen (secondary N) is 1. The molecule has 4 rings (SSSR count). The standard InChI is InChI=1S/C13H13N5O2S.C7H8/c1-7-2-3-8-9(4-7)21-12(16-8)5-10-17-18-11(20-10)6-15-13(14)19;1-7-5-3-2-4-6-7/h2-4H,5-6H2,1H3,(H3,14,15,19);2-6H,1H3. The van der Waals surface area contributed by atoms with Gasteiger partial charge in [0.15, 0.2) is 0 Å². The topological polar surface area (TPSA) is 107 Å². The first kappa shape index (κ1) is 19.5. The highest BCUT2D eigenvalue weighted by Crippen LogP contribution is 2.24. The van der Waals surface area contributed by atoms with E-state index in [2.05, 4.69) is 52.5 Å². The van der Waals surface area contributed by atoms with Crippen molar-refractivity contribution in [3.05, 3.63) is 76.4 Å². The van der Waals surface area contributed by atoms with Gasteiger partial charge in [0, 0.05) is 0 Å². The van der Waals surface area contributed by atoms with Crippen LogP contribution in [-0.2, 0) is 13.0 Å². The number of primary amides is 1. The maximum Gasteiger partial charge on any atom is 0.312 e. The minimum atomic E-state index is -0.628. The smallest absolute Gasteiger partial charge is 0.312 e. The molecule has 28 heavy (non-hydrogen) atoms. The van der Waals surface area contributed by atoms with Crippen LogP contribution in [0.1, 0.15) is 27.9 Å². The molecule has 7 nitrogen and oxygen atoms in total. The van der Waals surface area contributed by atoms with Crippen LogP contribution in [0.25, 0.3) is 10.2 Å². The Bertz CT molecular complexity index is 1060. The maximum atomic E-state index is 10.6. The summed E-state index contributed by atoms with van der Waals surface area (Å²) >= 11 is 1.61. The first-order chi connectivity index (χ1) is 13.5. The highest BCUT2D eigenvalue weighted by molar-refractivity contribution is 7.18. The average Bonchev–Trinajstić information content (AvgIpc) is 3.27. The van der Waals surface area contributed by atoms with Gasteiger partial charge in [-0.1, -0.05) is 42.0 Å². The number of urea groups is 1. The summed E-state index contributed by atoms with van der Waals surface area (Å²) < 4.78 is 6.57. The number of amides is 2. The molecule has 0 saturated heterocycles. The number of rotatable bonds is 4. The molecule has 0 radical (unpaired) electrons. The fourth-order valence-corrected chi connectivity index (χ4v) is 3.47. The molecule has 0 saturated carbocycles. The fourth-order valence-electron chi connectivity index (χ4n) is 2.41. The van der Waals surface area contributed by atoms with Crippen LogP contribution < -0.4 is 11.1 Å². The zero-order chi connectivity index (χ0) is 19.9. The molecule has 144 valence electrons. The van der Waals surface area contributed by atoms with Gasteiger partial charge in [0.05, 0.1) is 23.2 Å². The van der Waals surface area contributed by atoms with Crippen LogP contribution >= 0.6 is 11.3 Å². The summed E-state index contributed by atoms with van der Waals surface area (Å²) in [4.78, 5) is 15.1. The van der Waals surface area contributed by atoms with Crippen LogP contribution in [-0.4, -0.2) is 21.2 Å². The number of nitrogens with zero attached hydrogens (tertiary/aromatic N) is 3. The van der Waals surface area contributed by atoms with Gasteiger partial charge in [-0.3, -0.25) is 0 Å². The average molecular weight is 395 g/mol. The van der Waals surface area contributed by atoms with Crippen LogP contribution in [0.3, 0.4) is 0 Å². The third-order valence-electron chi connectivity index (χ3n) is 3.75. The molecule has 2 heterocycles. The van der Waals surface area contributed by atoms with Gasteiger partial charge in [-0.2, -0.15) is 0 Å². The van der Waals surface area contributed by atoms with Crippen molar-refractivity contribution in [1.82, 2.24) is 20.5 Å². The van der Waals surface area contributed by atoms with Crippen molar-refractivity contribution >= 4 is 27.6 Å².